The number of thioether (sulfide) groups is 1. The van der Waals surface area contributed by atoms with Gasteiger partial charge in [-0.05, 0) is 18.7 Å². The molecule has 0 saturated heterocycles. The Hall–Kier alpha value is 0.400. The van der Waals surface area contributed by atoms with E-state index in [1.54, 1.807) is 23.1 Å². The van der Waals surface area contributed by atoms with E-state index in [2.05, 4.69) is 31.9 Å². The largest absolute Gasteiger partial charge is 0.133 e. The Balaban J connectivity index is 2.92. The minimum Gasteiger partial charge on any atom is -0.133 e. The Kier molecular flexibility index (Phi) is 3.14. The lowest BCUT2D eigenvalue weighted by atomic mass is 10.4. The second kappa shape index (κ2) is 3.69. The molecule has 0 aromatic carbocycles. The van der Waals surface area contributed by atoms with Gasteiger partial charge >= 0.3 is 0 Å². The van der Waals surface area contributed by atoms with Crippen molar-refractivity contribution in [3.05, 3.63) is 10.9 Å². The highest BCUT2D eigenvalue weighted by atomic mass is 32.2. The summed E-state index contributed by atoms with van der Waals surface area (Å²) in [5.41, 5.74) is 0. The summed E-state index contributed by atoms with van der Waals surface area (Å²) in [6.07, 6.45) is 3.21. The molecule has 1 aromatic rings. The van der Waals surface area contributed by atoms with Crippen LogP contribution in [0.1, 0.15) is 11.8 Å². The van der Waals surface area contributed by atoms with Crippen molar-refractivity contribution in [2.75, 3.05) is 6.26 Å². The van der Waals surface area contributed by atoms with Crippen LogP contribution in [-0.4, -0.2) is 6.26 Å². The lowest BCUT2D eigenvalue weighted by Crippen LogP contribution is -1.65. The first kappa shape index (κ1) is 8.50. The second-order valence-corrected chi connectivity index (χ2v) is 4.67. The van der Waals surface area contributed by atoms with E-state index in [1.165, 1.54) is 9.77 Å². The Morgan fingerprint density at radius 2 is 2.40 bits per heavy atom. The predicted octanol–water partition coefficient (Wildman–Crippen LogP) is 3.32. The Morgan fingerprint density at radius 1 is 1.70 bits per heavy atom. The van der Waals surface area contributed by atoms with Gasteiger partial charge in [-0.1, -0.05) is 6.92 Å². The minimum atomic E-state index is 1.12. The first-order valence-electron chi connectivity index (χ1n) is 3.13. The molecule has 0 unspecified atom stereocenters. The molecule has 1 aromatic heterocycles. The highest BCUT2D eigenvalue weighted by Gasteiger charge is 2.01. The maximum Gasteiger partial charge on any atom is 0.0707 e. The molecule has 56 valence electrons. The number of thiophene rings is 1. The topological polar surface area (TPSA) is 0 Å². The summed E-state index contributed by atoms with van der Waals surface area (Å²) in [7, 11) is 0. The van der Waals surface area contributed by atoms with Gasteiger partial charge in [-0.15, -0.1) is 35.7 Å². The van der Waals surface area contributed by atoms with Gasteiger partial charge in [-0.25, -0.2) is 0 Å². The van der Waals surface area contributed by atoms with Crippen molar-refractivity contribution in [2.45, 2.75) is 22.4 Å². The van der Waals surface area contributed by atoms with Crippen LogP contribution in [-0.2, 0) is 6.42 Å². The van der Waals surface area contributed by atoms with Gasteiger partial charge < -0.3 is 0 Å². The molecule has 1 heterocycles. The average Bonchev–Trinajstić information content (AvgIpc) is 2.30. The fourth-order valence-electron chi connectivity index (χ4n) is 0.732. The van der Waals surface area contributed by atoms with Crippen LogP contribution in [0.25, 0.3) is 0 Å². The normalized spacial score (nSPS) is 10.3. The number of aryl methyl sites for hydroxylation is 1. The number of rotatable bonds is 2. The maximum absolute atomic E-state index is 4.35. The van der Waals surface area contributed by atoms with Crippen molar-refractivity contribution >= 4 is 35.7 Å². The van der Waals surface area contributed by atoms with Gasteiger partial charge in [-0.2, -0.15) is 0 Å². The third-order valence-electron chi connectivity index (χ3n) is 1.30. The van der Waals surface area contributed by atoms with Gasteiger partial charge in [0.2, 0.25) is 0 Å². The molecule has 0 N–H and O–H groups in total. The minimum absolute atomic E-state index is 1.12. The molecule has 0 amide bonds. The van der Waals surface area contributed by atoms with E-state index in [1.807, 2.05) is 0 Å². The lowest BCUT2D eigenvalue weighted by Gasteiger charge is -1.86. The molecule has 0 radical (unpaired) electrons. The van der Waals surface area contributed by atoms with E-state index in [9.17, 15) is 0 Å². The summed E-state index contributed by atoms with van der Waals surface area (Å²) in [5, 5.41) is 0. The number of hydrogen-bond acceptors (Lipinski definition) is 3. The standard InChI is InChI=1S/C7H10S3/c1-3-5-4-6(9-2)7(8)10-5/h4,8H,3H2,1-2H3. The number of hydrogen-bond donors (Lipinski definition) is 1. The molecule has 1 rings (SSSR count). The Morgan fingerprint density at radius 3 is 2.70 bits per heavy atom. The van der Waals surface area contributed by atoms with E-state index in [-0.39, 0.29) is 0 Å². The van der Waals surface area contributed by atoms with Crippen LogP contribution in [0.15, 0.2) is 15.2 Å². The molecule has 0 spiro atoms. The second-order valence-electron chi connectivity index (χ2n) is 1.94. The molecule has 0 aliphatic carbocycles. The molecule has 0 aliphatic rings. The highest BCUT2D eigenvalue weighted by Crippen LogP contribution is 2.32. The van der Waals surface area contributed by atoms with Crippen LogP contribution < -0.4 is 0 Å². The summed E-state index contributed by atoms with van der Waals surface area (Å²) in [5.74, 6) is 0. The van der Waals surface area contributed by atoms with Crippen LogP contribution >= 0.6 is 35.7 Å². The van der Waals surface area contributed by atoms with Gasteiger partial charge in [0.25, 0.3) is 0 Å². The summed E-state index contributed by atoms with van der Waals surface area (Å²) in [4.78, 5) is 2.74. The van der Waals surface area contributed by atoms with E-state index in [4.69, 9.17) is 0 Å². The zero-order chi connectivity index (χ0) is 7.56. The molecule has 3 heteroatoms. The van der Waals surface area contributed by atoms with Crippen molar-refractivity contribution in [1.82, 2.24) is 0 Å². The molecule has 0 nitrogen and oxygen atoms in total. The van der Waals surface area contributed by atoms with Crippen molar-refractivity contribution in [3.8, 4) is 0 Å². The fourth-order valence-corrected chi connectivity index (χ4v) is 3.04. The summed E-state index contributed by atoms with van der Waals surface area (Å²) < 4.78 is 1.16. The first-order valence-corrected chi connectivity index (χ1v) is 5.62. The summed E-state index contributed by atoms with van der Waals surface area (Å²) in [6.45, 7) is 2.17. The van der Waals surface area contributed by atoms with Crippen molar-refractivity contribution in [2.24, 2.45) is 0 Å². The van der Waals surface area contributed by atoms with E-state index in [0.29, 0.717) is 0 Å². The van der Waals surface area contributed by atoms with Crippen LogP contribution in [0, 0.1) is 0 Å². The number of thiol groups is 1. The van der Waals surface area contributed by atoms with E-state index < -0.39 is 0 Å². The molecule has 0 fully saturated rings. The molecule has 0 atom stereocenters. The van der Waals surface area contributed by atoms with Crippen LogP contribution in [0.3, 0.4) is 0 Å². The van der Waals surface area contributed by atoms with Crippen molar-refractivity contribution < 1.29 is 0 Å². The highest BCUT2D eigenvalue weighted by molar-refractivity contribution is 7.99. The molecular weight excluding hydrogens is 180 g/mol. The third kappa shape index (κ3) is 1.71. The van der Waals surface area contributed by atoms with E-state index >= 15 is 0 Å². The van der Waals surface area contributed by atoms with Gasteiger partial charge in [0.05, 0.1) is 4.21 Å². The monoisotopic (exact) mass is 190 g/mol. The SMILES string of the molecule is CCc1cc(SC)c(S)s1. The zero-order valence-electron chi connectivity index (χ0n) is 6.05. The van der Waals surface area contributed by atoms with Crippen molar-refractivity contribution in [1.29, 1.82) is 0 Å². The van der Waals surface area contributed by atoms with Gasteiger partial charge in [0.1, 0.15) is 0 Å². The smallest absolute Gasteiger partial charge is 0.0707 e. The summed E-state index contributed by atoms with van der Waals surface area (Å²) in [6, 6.07) is 2.22. The van der Waals surface area contributed by atoms with Crippen molar-refractivity contribution in [3.63, 3.8) is 0 Å². The van der Waals surface area contributed by atoms with Gasteiger partial charge in [0.15, 0.2) is 0 Å². The third-order valence-corrected chi connectivity index (χ3v) is 3.94. The summed E-state index contributed by atoms with van der Waals surface area (Å²) >= 11 is 7.90. The first-order chi connectivity index (χ1) is 4.77. The predicted molar refractivity (Wildman–Crippen MR) is 52.7 cm³/mol. The van der Waals surface area contributed by atoms with E-state index in [0.717, 1.165) is 10.6 Å². The molecule has 0 aliphatic heterocycles. The Bertz CT molecular complexity index is 215. The molecule has 0 saturated carbocycles. The van der Waals surface area contributed by atoms with Crippen LogP contribution in [0.5, 0.6) is 0 Å². The lowest BCUT2D eigenvalue weighted by molar-refractivity contribution is 1.18. The Labute approximate surface area is 75.4 Å². The molecule has 10 heavy (non-hydrogen) atoms. The van der Waals surface area contributed by atoms with Crippen LogP contribution in [0.4, 0.5) is 0 Å². The van der Waals surface area contributed by atoms with Gasteiger partial charge in [-0.3, -0.25) is 0 Å². The fraction of sp³-hybridized carbons (Fsp3) is 0.429. The zero-order valence-corrected chi connectivity index (χ0v) is 8.58. The maximum atomic E-state index is 4.35. The quantitative estimate of drug-likeness (QED) is 0.551. The van der Waals surface area contributed by atoms with Gasteiger partial charge in [0, 0.05) is 9.77 Å². The van der Waals surface area contributed by atoms with Crippen LogP contribution in [0.2, 0.25) is 0 Å². The molecule has 0 bridgehead atoms. The molecular formula is C7H10S3. The average molecular weight is 190 g/mol.